The maximum Gasteiger partial charge on any atom is 0.303 e. The van der Waals surface area contributed by atoms with Gasteiger partial charge in [-0.15, -0.1) is 0 Å². The van der Waals surface area contributed by atoms with E-state index in [2.05, 4.69) is 0 Å². The predicted octanol–water partition coefficient (Wildman–Crippen LogP) is 1.65. The minimum absolute atomic E-state index is 0.235. The Balaban J connectivity index is 3.05. The molecule has 0 aromatic carbocycles. The average molecular weight is 174 g/mol. The van der Waals surface area contributed by atoms with Gasteiger partial charge in [0.2, 0.25) is 0 Å². The molecule has 0 spiro atoms. The van der Waals surface area contributed by atoms with Crippen molar-refractivity contribution in [3.05, 3.63) is 0 Å². The van der Waals surface area contributed by atoms with Gasteiger partial charge in [0.05, 0.1) is 0 Å². The molecule has 0 amide bonds. The lowest BCUT2D eigenvalue weighted by Crippen LogP contribution is -2.00. The van der Waals surface area contributed by atoms with E-state index >= 15 is 0 Å². The molecule has 12 heavy (non-hydrogen) atoms. The summed E-state index contributed by atoms with van der Waals surface area (Å²) in [5.74, 6) is -0.361. The summed E-state index contributed by atoms with van der Waals surface area (Å²) in [5.41, 5.74) is 0. The van der Waals surface area contributed by atoms with Crippen LogP contribution in [-0.2, 0) is 4.79 Å². The molecule has 0 heterocycles. The fourth-order valence-corrected chi connectivity index (χ4v) is 1.04. The van der Waals surface area contributed by atoms with Gasteiger partial charge in [-0.05, 0) is 18.8 Å². The molecule has 1 atom stereocenters. The van der Waals surface area contributed by atoms with Crippen LogP contribution in [0.1, 0.15) is 39.0 Å². The Bertz CT molecular complexity index is 123. The first-order valence-corrected chi connectivity index (χ1v) is 4.49. The molecule has 0 aromatic heterocycles. The van der Waals surface area contributed by atoms with Gasteiger partial charge in [-0.2, -0.15) is 0 Å². The highest BCUT2D eigenvalue weighted by atomic mass is 16.4. The largest absolute Gasteiger partial charge is 0.481 e. The molecule has 0 saturated heterocycles. The number of carbonyl (C=O) groups is 1. The van der Waals surface area contributed by atoms with Crippen LogP contribution in [0.5, 0.6) is 0 Å². The van der Waals surface area contributed by atoms with E-state index in [9.17, 15) is 4.79 Å². The third-order valence-electron chi connectivity index (χ3n) is 1.90. The molecule has 0 aromatic rings. The van der Waals surface area contributed by atoms with Crippen LogP contribution in [0.3, 0.4) is 0 Å². The lowest BCUT2D eigenvalue weighted by atomic mass is 10.0. The van der Waals surface area contributed by atoms with Crippen molar-refractivity contribution in [1.29, 1.82) is 0 Å². The number of rotatable bonds is 7. The summed E-state index contributed by atoms with van der Waals surface area (Å²) < 4.78 is 0. The van der Waals surface area contributed by atoms with Crippen molar-refractivity contribution < 1.29 is 15.0 Å². The molecule has 0 rings (SSSR count). The van der Waals surface area contributed by atoms with Crippen LogP contribution >= 0.6 is 0 Å². The van der Waals surface area contributed by atoms with Gasteiger partial charge in [-0.1, -0.05) is 19.8 Å². The van der Waals surface area contributed by atoms with Crippen molar-refractivity contribution in [3.8, 4) is 0 Å². The quantitative estimate of drug-likeness (QED) is 0.577. The lowest BCUT2D eigenvalue weighted by molar-refractivity contribution is -0.137. The van der Waals surface area contributed by atoms with E-state index in [1.54, 1.807) is 0 Å². The zero-order chi connectivity index (χ0) is 9.40. The van der Waals surface area contributed by atoms with Crippen molar-refractivity contribution in [2.75, 3.05) is 6.61 Å². The number of aliphatic carboxylic acids is 1. The van der Waals surface area contributed by atoms with E-state index in [-0.39, 0.29) is 13.0 Å². The molecule has 1 unspecified atom stereocenters. The number of hydrogen-bond donors (Lipinski definition) is 2. The first-order valence-electron chi connectivity index (χ1n) is 4.49. The first kappa shape index (κ1) is 11.4. The molecule has 0 aliphatic heterocycles. The number of aliphatic hydroxyl groups is 1. The zero-order valence-electron chi connectivity index (χ0n) is 7.62. The SMILES string of the molecule is CC(CO)CCCCCC(=O)O. The normalized spacial score (nSPS) is 12.8. The van der Waals surface area contributed by atoms with Crippen LogP contribution < -0.4 is 0 Å². The molecule has 0 aliphatic rings. The number of hydrogen-bond acceptors (Lipinski definition) is 2. The molecular formula is C9H18O3. The molecule has 0 fully saturated rings. The maximum atomic E-state index is 10.1. The van der Waals surface area contributed by atoms with E-state index in [4.69, 9.17) is 10.2 Å². The summed E-state index contributed by atoms with van der Waals surface area (Å²) in [5, 5.41) is 17.0. The topological polar surface area (TPSA) is 57.5 Å². The number of unbranched alkanes of at least 4 members (excludes halogenated alkanes) is 2. The highest BCUT2D eigenvalue weighted by Gasteiger charge is 2.00. The van der Waals surface area contributed by atoms with E-state index in [0.29, 0.717) is 5.92 Å². The zero-order valence-corrected chi connectivity index (χ0v) is 7.62. The van der Waals surface area contributed by atoms with Gasteiger partial charge in [0.25, 0.3) is 0 Å². The average Bonchev–Trinajstić information content (AvgIpc) is 2.03. The van der Waals surface area contributed by atoms with Crippen molar-refractivity contribution in [2.24, 2.45) is 5.92 Å². The van der Waals surface area contributed by atoms with E-state index in [0.717, 1.165) is 25.7 Å². The van der Waals surface area contributed by atoms with Gasteiger partial charge in [0, 0.05) is 13.0 Å². The summed E-state index contributed by atoms with van der Waals surface area (Å²) in [6.45, 7) is 2.23. The van der Waals surface area contributed by atoms with Crippen LogP contribution in [-0.4, -0.2) is 22.8 Å². The Labute approximate surface area is 73.4 Å². The fourth-order valence-electron chi connectivity index (χ4n) is 1.04. The highest BCUT2D eigenvalue weighted by Crippen LogP contribution is 2.09. The summed E-state index contributed by atoms with van der Waals surface area (Å²) >= 11 is 0. The minimum atomic E-state index is -0.717. The molecule has 3 nitrogen and oxygen atoms in total. The van der Waals surface area contributed by atoms with Crippen LogP contribution in [0.4, 0.5) is 0 Å². The van der Waals surface area contributed by atoms with E-state index in [1.165, 1.54) is 0 Å². The van der Waals surface area contributed by atoms with E-state index in [1.807, 2.05) is 6.92 Å². The van der Waals surface area contributed by atoms with Crippen molar-refractivity contribution >= 4 is 5.97 Å². The molecule has 0 radical (unpaired) electrons. The van der Waals surface area contributed by atoms with Gasteiger partial charge in [0.1, 0.15) is 0 Å². The third kappa shape index (κ3) is 7.54. The van der Waals surface area contributed by atoms with Gasteiger partial charge in [-0.25, -0.2) is 0 Å². The van der Waals surface area contributed by atoms with Gasteiger partial charge >= 0.3 is 5.97 Å². The summed E-state index contributed by atoms with van der Waals surface area (Å²) in [7, 11) is 0. The van der Waals surface area contributed by atoms with Gasteiger partial charge in [-0.3, -0.25) is 4.79 Å². The molecule has 0 bridgehead atoms. The first-order chi connectivity index (χ1) is 5.66. The molecule has 2 N–H and O–H groups in total. The van der Waals surface area contributed by atoms with Gasteiger partial charge < -0.3 is 10.2 Å². The Hall–Kier alpha value is -0.570. The molecular weight excluding hydrogens is 156 g/mol. The van der Waals surface area contributed by atoms with E-state index < -0.39 is 5.97 Å². The highest BCUT2D eigenvalue weighted by molar-refractivity contribution is 5.66. The van der Waals surface area contributed by atoms with Crippen molar-refractivity contribution in [2.45, 2.75) is 39.0 Å². The second kappa shape index (κ2) is 7.10. The van der Waals surface area contributed by atoms with Crippen LogP contribution in [0.2, 0.25) is 0 Å². The maximum absolute atomic E-state index is 10.1. The summed E-state index contributed by atoms with van der Waals surface area (Å²) in [6.07, 6.45) is 4.00. The van der Waals surface area contributed by atoms with Crippen LogP contribution in [0.25, 0.3) is 0 Å². The standard InChI is InChI=1S/C9H18O3/c1-8(7-10)5-3-2-4-6-9(11)12/h8,10H,2-7H2,1H3,(H,11,12). The summed E-state index contributed by atoms with van der Waals surface area (Å²) in [4.78, 5) is 10.1. The molecule has 0 saturated carbocycles. The second-order valence-electron chi connectivity index (χ2n) is 3.28. The van der Waals surface area contributed by atoms with Crippen molar-refractivity contribution in [3.63, 3.8) is 0 Å². The minimum Gasteiger partial charge on any atom is -0.481 e. The Kier molecular flexibility index (Phi) is 6.76. The van der Waals surface area contributed by atoms with Crippen LogP contribution in [0.15, 0.2) is 0 Å². The fraction of sp³-hybridized carbons (Fsp3) is 0.889. The predicted molar refractivity (Wildman–Crippen MR) is 47.0 cm³/mol. The number of carboxylic acids is 1. The second-order valence-corrected chi connectivity index (χ2v) is 3.28. The third-order valence-corrected chi connectivity index (χ3v) is 1.90. The molecule has 0 aliphatic carbocycles. The van der Waals surface area contributed by atoms with Gasteiger partial charge in [0.15, 0.2) is 0 Å². The Morgan fingerprint density at radius 3 is 2.50 bits per heavy atom. The molecule has 3 heteroatoms. The number of carboxylic acid groups (broad SMARTS) is 1. The lowest BCUT2D eigenvalue weighted by Gasteiger charge is -2.05. The van der Waals surface area contributed by atoms with Crippen molar-refractivity contribution in [1.82, 2.24) is 0 Å². The van der Waals surface area contributed by atoms with Crippen LogP contribution in [0, 0.1) is 5.92 Å². The Morgan fingerprint density at radius 2 is 2.00 bits per heavy atom. The smallest absolute Gasteiger partial charge is 0.303 e. The number of aliphatic hydroxyl groups excluding tert-OH is 1. The summed E-state index contributed by atoms with van der Waals surface area (Å²) in [6, 6.07) is 0. The molecule has 72 valence electrons. The monoisotopic (exact) mass is 174 g/mol. The Morgan fingerprint density at radius 1 is 1.33 bits per heavy atom.